The van der Waals surface area contributed by atoms with Crippen LogP contribution in [-0.2, 0) is 16.2 Å². The molecule has 4 heterocycles. The van der Waals surface area contributed by atoms with Crippen LogP contribution in [0, 0.1) is 41.5 Å². The number of nitrogens with zero attached hydrogens (tertiary/aromatic N) is 3. The third kappa shape index (κ3) is 8.47. The molecule has 9 aromatic carbocycles. The van der Waals surface area contributed by atoms with Gasteiger partial charge in [0, 0.05) is 49.7 Å². The highest BCUT2D eigenvalue weighted by Gasteiger charge is 2.46. The molecule has 0 spiro atoms. The van der Waals surface area contributed by atoms with E-state index in [4.69, 9.17) is 4.42 Å². The van der Waals surface area contributed by atoms with Gasteiger partial charge in [0.05, 0.1) is 28.1 Å². The third-order valence-electron chi connectivity index (χ3n) is 18.2. The van der Waals surface area contributed by atoms with Gasteiger partial charge in [0.1, 0.15) is 11.0 Å². The Morgan fingerprint density at radius 2 is 0.976 bits per heavy atom. The molecule has 0 fully saturated rings. The second-order valence-corrected chi connectivity index (χ2v) is 27.1. The highest BCUT2D eigenvalue weighted by atomic mass is 16.3. The van der Waals surface area contributed by atoms with E-state index in [2.05, 4.69) is 271 Å². The van der Waals surface area contributed by atoms with Crippen LogP contribution in [-0.4, -0.2) is 11.3 Å². The molecular weight excluding hydrogens is 1010 g/mol. The van der Waals surface area contributed by atoms with Crippen LogP contribution in [0.5, 0.6) is 0 Å². The maximum atomic E-state index is 6.63. The lowest BCUT2D eigenvalue weighted by Crippen LogP contribution is -2.61. The predicted molar refractivity (Wildman–Crippen MR) is 358 cm³/mol. The Labute approximate surface area is 491 Å². The van der Waals surface area contributed by atoms with Crippen molar-refractivity contribution >= 4 is 102 Å². The molecular formula is C78H76BN3O. The van der Waals surface area contributed by atoms with Crippen LogP contribution in [0.4, 0.5) is 34.1 Å². The van der Waals surface area contributed by atoms with Crippen molar-refractivity contribution in [1.82, 2.24) is 4.57 Å². The first kappa shape index (κ1) is 53.8. The molecule has 0 aliphatic carbocycles. The van der Waals surface area contributed by atoms with E-state index in [0.717, 1.165) is 49.6 Å². The van der Waals surface area contributed by atoms with Gasteiger partial charge in [0.15, 0.2) is 0 Å². The largest absolute Gasteiger partial charge is 0.455 e. The quantitative estimate of drug-likeness (QED) is 0.155. The predicted octanol–water partition coefficient (Wildman–Crippen LogP) is 17.8. The molecule has 0 saturated carbocycles. The van der Waals surface area contributed by atoms with Crippen molar-refractivity contribution in [2.45, 2.75) is 120 Å². The van der Waals surface area contributed by atoms with Crippen molar-refractivity contribution in [3.8, 4) is 16.8 Å². The van der Waals surface area contributed by atoms with Crippen LogP contribution >= 0.6 is 0 Å². The third-order valence-corrected chi connectivity index (χ3v) is 18.2. The fourth-order valence-corrected chi connectivity index (χ4v) is 14.0. The number of benzene rings is 9. The lowest BCUT2D eigenvalue weighted by molar-refractivity contribution is 0.573. The average molecular weight is 1080 g/mol. The zero-order chi connectivity index (χ0) is 58.5. The van der Waals surface area contributed by atoms with Crippen molar-refractivity contribution in [2.75, 3.05) is 9.80 Å². The van der Waals surface area contributed by atoms with E-state index in [-0.39, 0.29) is 23.0 Å². The number of rotatable bonds is 6. The van der Waals surface area contributed by atoms with Crippen molar-refractivity contribution < 1.29 is 4.42 Å². The normalized spacial score (nSPS) is 13.7. The summed E-state index contributed by atoms with van der Waals surface area (Å²) in [5.41, 5.74) is 31.5. The van der Waals surface area contributed by atoms with Crippen LogP contribution in [0.25, 0.3) is 61.7 Å². The van der Waals surface area contributed by atoms with Gasteiger partial charge in [0.2, 0.25) is 0 Å². The number of fused-ring (bicyclic) bond motifs is 8. The minimum atomic E-state index is -0.211. The monoisotopic (exact) mass is 1080 g/mol. The molecule has 13 rings (SSSR count). The smallest absolute Gasteiger partial charge is 0.252 e. The first-order chi connectivity index (χ1) is 39.4. The number of aryl methyl sites for hydroxylation is 6. The molecule has 4 nitrogen and oxygen atoms in total. The summed E-state index contributed by atoms with van der Waals surface area (Å²) in [6.45, 7) is 43.7. The van der Waals surface area contributed by atoms with Gasteiger partial charge in [0.25, 0.3) is 6.71 Å². The van der Waals surface area contributed by atoms with Crippen LogP contribution in [0.15, 0.2) is 175 Å². The average Bonchev–Trinajstić information content (AvgIpc) is 1.73. The second-order valence-electron chi connectivity index (χ2n) is 27.1. The lowest BCUT2D eigenvalue weighted by Gasteiger charge is -2.46. The molecule has 2 aliphatic heterocycles. The van der Waals surface area contributed by atoms with Gasteiger partial charge in [-0.1, -0.05) is 173 Å². The van der Waals surface area contributed by atoms with E-state index in [9.17, 15) is 0 Å². The summed E-state index contributed by atoms with van der Waals surface area (Å²) in [5, 5.41) is 4.40. The zero-order valence-corrected chi connectivity index (χ0v) is 51.3. The summed E-state index contributed by atoms with van der Waals surface area (Å²) in [4.78, 5) is 5.32. The Morgan fingerprint density at radius 3 is 1.57 bits per heavy atom. The Hall–Kier alpha value is -8.54. The number of anilines is 6. The van der Waals surface area contributed by atoms with Gasteiger partial charge in [-0.2, -0.15) is 0 Å². The molecule has 0 unspecified atom stereocenters. The van der Waals surface area contributed by atoms with Crippen molar-refractivity contribution in [3.05, 3.63) is 237 Å². The Balaban J connectivity index is 1.19. The summed E-state index contributed by atoms with van der Waals surface area (Å²) in [6, 6.07) is 60.1. The highest BCUT2D eigenvalue weighted by Crippen LogP contribution is 2.51. The SMILES string of the molecule is C=C/C(c1cc(C)c(N2c3cc4c(cc3B3c5ccc(C(C)(C)C)cc5N(c5c(C)cc(-c6ccccc6)cc5C)c5cc(C(C)(C)C)cc2c53)c2cc(C(C)(C)C)ccc2n4-c2c(C)cccc2C)c(C)c1)=c1/oc2ccccc2c1=C. The first-order valence-electron chi connectivity index (χ1n) is 29.7. The molecule has 5 heteroatoms. The van der Waals surface area contributed by atoms with E-state index in [1.165, 1.54) is 122 Å². The van der Waals surface area contributed by atoms with Gasteiger partial charge in [-0.25, -0.2) is 0 Å². The number of hydrogen-bond donors (Lipinski definition) is 0. The van der Waals surface area contributed by atoms with Gasteiger partial charge >= 0.3 is 0 Å². The summed E-state index contributed by atoms with van der Waals surface area (Å²) in [5.74, 6) is 0. The molecule has 83 heavy (non-hydrogen) atoms. The Bertz CT molecular complexity index is 4610. The molecule has 0 saturated heterocycles. The molecule has 2 aliphatic rings. The molecule has 0 amide bonds. The Morgan fingerprint density at radius 1 is 0.446 bits per heavy atom. The molecule has 0 N–H and O–H groups in total. The molecule has 11 aromatic rings. The summed E-state index contributed by atoms with van der Waals surface area (Å²) in [6.07, 6.45) is 1.94. The van der Waals surface area contributed by atoms with E-state index < -0.39 is 0 Å². The van der Waals surface area contributed by atoms with E-state index in [0.29, 0.717) is 0 Å². The lowest BCUT2D eigenvalue weighted by atomic mass is 9.33. The Kier molecular flexibility index (Phi) is 12.3. The van der Waals surface area contributed by atoms with Crippen LogP contribution in [0.3, 0.4) is 0 Å². The molecule has 412 valence electrons. The van der Waals surface area contributed by atoms with Crippen molar-refractivity contribution in [2.24, 2.45) is 0 Å². The van der Waals surface area contributed by atoms with E-state index in [1.54, 1.807) is 0 Å². The number of furan rings is 1. The van der Waals surface area contributed by atoms with Crippen LogP contribution < -0.4 is 36.8 Å². The van der Waals surface area contributed by atoms with Crippen molar-refractivity contribution in [3.63, 3.8) is 0 Å². The maximum Gasteiger partial charge on any atom is 0.252 e. The number of hydrogen-bond acceptors (Lipinski definition) is 3. The van der Waals surface area contributed by atoms with E-state index in [1.807, 2.05) is 24.3 Å². The minimum absolute atomic E-state index is 0.0549. The fraction of sp³-hybridized carbons (Fsp3) is 0.231. The summed E-state index contributed by atoms with van der Waals surface area (Å²) < 4.78 is 9.20. The summed E-state index contributed by atoms with van der Waals surface area (Å²) in [7, 11) is 0. The van der Waals surface area contributed by atoms with Crippen LogP contribution in [0.1, 0.15) is 118 Å². The molecule has 0 atom stereocenters. The van der Waals surface area contributed by atoms with E-state index >= 15 is 0 Å². The van der Waals surface area contributed by atoms with Crippen LogP contribution in [0.2, 0.25) is 0 Å². The highest BCUT2D eigenvalue weighted by molar-refractivity contribution is 7.00. The van der Waals surface area contributed by atoms with Gasteiger partial charge < -0.3 is 18.8 Å². The maximum absolute atomic E-state index is 6.63. The standard InChI is InChI=1S/C78H76BN3O/c1-18-58(75-51(8)59-29-22-23-30-70(59)83-75)54-37-49(6)74(50(7)38-54)82-67-44-65-61(60-39-55(76(9,10)11)32-34-64(60)80(65)72-45(2)25-24-26-46(72)3)43-63(67)79-62-33-31-56(77(12,13)14)40-66(62)81(68-41-57(78(15,16)17)42-69(82)71(68)79)73-47(4)35-53(36-48(73)5)52-27-20-19-21-28-52/h18-44H,1,8H2,2-7,9-17H3/b75-58-. The second kappa shape index (κ2) is 19.0. The fourth-order valence-electron chi connectivity index (χ4n) is 14.0. The molecule has 2 aromatic heterocycles. The zero-order valence-electron chi connectivity index (χ0n) is 51.3. The topological polar surface area (TPSA) is 24.6 Å². The van der Waals surface area contributed by atoms with Gasteiger partial charge in [-0.3, -0.25) is 0 Å². The van der Waals surface area contributed by atoms with Gasteiger partial charge in [-0.15, -0.1) is 0 Å². The number of para-hydroxylation sites is 2. The number of aromatic nitrogens is 1. The van der Waals surface area contributed by atoms with Crippen molar-refractivity contribution in [1.29, 1.82) is 0 Å². The molecule has 0 radical (unpaired) electrons. The number of allylic oxidation sites excluding steroid dienone is 1. The minimum Gasteiger partial charge on any atom is -0.455 e. The van der Waals surface area contributed by atoms with Gasteiger partial charge in [-0.05, 0) is 208 Å². The first-order valence-corrected chi connectivity index (χ1v) is 29.7. The summed E-state index contributed by atoms with van der Waals surface area (Å²) >= 11 is 0. The molecule has 0 bridgehead atoms.